The van der Waals surface area contributed by atoms with Crippen LogP contribution in [0, 0.1) is 0 Å². The summed E-state index contributed by atoms with van der Waals surface area (Å²) >= 11 is 0. The zero-order valence-electron chi connectivity index (χ0n) is 14.5. The van der Waals surface area contributed by atoms with Crippen molar-refractivity contribution in [1.82, 2.24) is 5.32 Å². The van der Waals surface area contributed by atoms with Crippen LogP contribution in [0.15, 0.2) is 42.5 Å². The van der Waals surface area contributed by atoms with E-state index in [-0.39, 0.29) is 11.9 Å². The molecule has 0 aliphatic heterocycles. The molecule has 1 unspecified atom stereocenters. The number of rotatable bonds is 5. The maximum Gasteiger partial charge on any atom is 0.255 e. The highest BCUT2D eigenvalue weighted by Crippen LogP contribution is 2.27. The third kappa shape index (κ3) is 3.45. The summed E-state index contributed by atoms with van der Waals surface area (Å²) in [6, 6.07) is 14.1. The van der Waals surface area contributed by atoms with Crippen molar-refractivity contribution >= 4 is 5.91 Å². The Morgan fingerprint density at radius 2 is 1.88 bits per heavy atom. The van der Waals surface area contributed by atoms with E-state index in [2.05, 4.69) is 30.4 Å². The maximum atomic E-state index is 12.7. The van der Waals surface area contributed by atoms with Crippen LogP contribution in [0.5, 0.6) is 5.75 Å². The molecule has 0 saturated carbocycles. The minimum Gasteiger partial charge on any atom is -0.496 e. The summed E-state index contributed by atoms with van der Waals surface area (Å²) in [5.41, 5.74) is 4.69. The third-order valence-electron chi connectivity index (χ3n) is 4.84. The molecule has 1 atom stereocenters. The molecular formula is C21H25NO2. The number of hydrogen-bond acceptors (Lipinski definition) is 2. The zero-order valence-corrected chi connectivity index (χ0v) is 14.5. The number of methoxy groups -OCH3 is 1. The second kappa shape index (κ2) is 7.52. The van der Waals surface area contributed by atoms with Crippen LogP contribution in [-0.4, -0.2) is 13.0 Å². The predicted octanol–water partition coefficient (Wildman–Crippen LogP) is 4.46. The van der Waals surface area contributed by atoms with Crippen LogP contribution in [0.2, 0.25) is 0 Å². The van der Waals surface area contributed by atoms with Gasteiger partial charge in [0.25, 0.3) is 5.91 Å². The van der Waals surface area contributed by atoms with Crippen LogP contribution in [0.25, 0.3) is 0 Å². The minimum absolute atomic E-state index is 0.0228. The predicted molar refractivity (Wildman–Crippen MR) is 96.6 cm³/mol. The van der Waals surface area contributed by atoms with Gasteiger partial charge in [0.05, 0.1) is 18.7 Å². The molecule has 126 valence electrons. The SMILES string of the molecule is CCC(NC(=O)c1ccccc1OC)c1ccc2c(c1)CCCC2. The first-order chi connectivity index (χ1) is 11.7. The average molecular weight is 323 g/mol. The lowest BCUT2D eigenvalue weighted by Crippen LogP contribution is -2.28. The first-order valence-corrected chi connectivity index (χ1v) is 8.78. The topological polar surface area (TPSA) is 38.3 Å². The van der Waals surface area contributed by atoms with E-state index in [0.717, 1.165) is 12.8 Å². The lowest BCUT2D eigenvalue weighted by Gasteiger charge is -2.22. The van der Waals surface area contributed by atoms with Crippen LogP contribution in [0.1, 0.15) is 59.3 Å². The van der Waals surface area contributed by atoms with E-state index >= 15 is 0 Å². The van der Waals surface area contributed by atoms with Crippen molar-refractivity contribution in [3.8, 4) is 5.75 Å². The average Bonchev–Trinajstić information content (AvgIpc) is 2.65. The largest absolute Gasteiger partial charge is 0.496 e. The molecule has 2 aromatic rings. The van der Waals surface area contributed by atoms with Gasteiger partial charge < -0.3 is 10.1 Å². The van der Waals surface area contributed by atoms with Crippen LogP contribution >= 0.6 is 0 Å². The van der Waals surface area contributed by atoms with Gasteiger partial charge in [-0.1, -0.05) is 37.3 Å². The van der Waals surface area contributed by atoms with Crippen molar-refractivity contribution < 1.29 is 9.53 Å². The molecule has 3 nitrogen and oxygen atoms in total. The summed E-state index contributed by atoms with van der Waals surface area (Å²) in [5.74, 6) is 0.521. The first-order valence-electron chi connectivity index (χ1n) is 8.78. The summed E-state index contributed by atoms with van der Waals surface area (Å²) in [4.78, 5) is 12.7. The molecule has 0 aromatic heterocycles. The van der Waals surface area contributed by atoms with E-state index in [0.29, 0.717) is 11.3 Å². The van der Waals surface area contributed by atoms with Crippen LogP contribution in [-0.2, 0) is 12.8 Å². The quantitative estimate of drug-likeness (QED) is 0.882. The van der Waals surface area contributed by atoms with Gasteiger partial charge in [0.1, 0.15) is 5.75 Å². The van der Waals surface area contributed by atoms with Gasteiger partial charge in [-0.25, -0.2) is 0 Å². The van der Waals surface area contributed by atoms with Gasteiger partial charge in [-0.2, -0.15) is 0 Å². The number of benzene rings is 2. The highest BCUT2D eigenvalue weighted by molar-refractivity contribution is 5.97. The number of fused-ring (bicyclic) bond motifs is 1. The van der Waals surface area contributed by atoms with E-state index in [1.807, 2.05) is 18.2 Å². The van der Waals surface area contributed by atoms with Gasteiger partial charge in [0, 0.05) is 0 Å². The Bertz CT molecular complexity index is 724. The summed E-state index contributed by atoms with van der Waals surface area (Å²) in [6.45, 7) is 2.10. The Hall–Kier alpha value is -2.29. The molecular weight excluding hydrogens is 298 g/mol. The lowest BCUT2D eigenvalue weighted by molar-refractivity contribution is 0.0932. The molecule has 1 aliphatic carbocycles. The van der Waals surface area contributed by atoms with Gasteiger partial charge in [0.15, 0.2) is 0 Å². The fourth-order valence-corrected chi connectivity index (χ4v) is 3.46. The Morgan fingerprint density at radius 3 is 2.62 bits per heavy atom. The fourth-order valence-electron chi connectivity index (χ4n) is 3.46. The fraction of sp³-hybridized carbons (Fsp3) is 0.381. The smallest absolute Gasteiger partial charge is 0.255 e. The Balaban J connectivity index is 1.80. The molecule has 3 heteroatoms. The lowest BCUT2D eigenvalue weighted by atomic mass is 9.88. The maximum absolute atomic E-state index is 12.7. The van der Waals surface area contributed by atoms with Gasteiger partial charge in [-0.15, -0.1) is 0 Å². The number of ether oxygens (including phenoxy) is 1. The van der Waals surface area contributed by atoms with E-state index in [9.17, 15) is 4.79 Å². The Kier molecular flexibility index (Phi) is 5.19. The molecule has 2 aromatic carbocycles. The van der Waals surface area contributed by atoms with Crippen LogP contribution in [0.4, 0.5) is 0 Å². The Labute approximate surface area is 144 Å². The van der Waals surface area contributed by atoms with Gasteiger partial charge in [-0.05, 0) is 60.9 Å². The Morgan fingerprint density at radius 1 is 1.12 bits per heavy atom. The summed E-state index contributed by atoms with van der Waals surface area (Å²) in [5, 5.41) is 3.16. The highest BCUT2D eigenvalue weighted by atomic mass is 16.5. The summed E-state index contributed by atoms with van der Waals surface area (Å²) < 4.78 is 5.30. The van der Waals surface area contributed by atoms with E-state index in [1.165, 1.54) is 36.0 Å². The number of aryl methyl sites for hydroxylation is 2. The standard InChI is InChI=1S/C21H25NO2/c1-3-19(17-13-12-15-8-4-5-9-16(15)14-17)22-21(23)18-10-6-7-11-20(18)24-2/h6-7,10-14,19H,3-5,8-9H2,1-2H3,(H,22,23). The van der Waals surface area contributed by atoms with Crippen molar-refractivity contribution in [2.45, 2.75) is 45.1 Å². The molecule has 0 saturated heterocycles. The number of carbonyl (C=O) groups is 1. The summed E-state index contributed by atoms with van der Waals surface area (Å²) in [6.07, 6.45) is 5.74. The molecule has 0 fully saturated rings. The molecule has 0 bridgehead atoms. The van der Waals surface area contributed by atoms with Crippen molar-refractivity contribution in [1.29, 1.82) is 0 Å². The number of nitrogens with one attached hydrogen (secondary N) is 1. The van der Waals surface area contributed by atoms with Gasteiger partial charge >= 0.3 is 0 Å². The van der Waals surface area contributed by atoms with Crippen molar-refractivity contribution in [3.05, 3.63) is 64.7 Å². The molecule has 3 rings (SSSR count). The molecule has 1 N–H and O–H groups in total. The van der Waals surface area contributed by atoms with E-state index in [4.69, 9.17) is 4.74 Å². The van der Waals surface area contributed by atoms with E-state index in [1.54, 1.807) is 13.2 Å². The first kappa shape index (κ1) is 16.6. The van der Waals surface area contributed by atoms with Gasteiger partial charge in [-0.3, -0.25) is 4.79 Å². The normalized spacial score (nSPS) is 14.6. The molecule has 0 radical (unpaired) electrons. The molecule has 24 heavy (non-hydrogen) atoms. The van der Waals surface area contributed by atoms with E-state index < -0.39 is 0 Å². The number of amides is 1. The van der Waals surface area contributed by atoms with Crippen molar-refractivity contribution in [3.63, 3.8) is 0 Å². The monoisotopic (exact) mass is 323 g/mol. The van der Waals surface area contributed by atoms with Crippen LogP contribution < -0.4 is 10.1 Å². The van der Waals surface area contributed by atoms with Crippen molar-refractivity contribution in [2.24, 2.45) is 0 Å². The number of hydrogen-bond donors (Lipinski definition) is 1. The number of para-hydroxylation sites is 1. The molecule has 0 spiro atoms. The molecule has 0 heterocycles. The summed E-state index contributed by atoms with van der Waals surface area (Å²) in [7, 11) is 1.59. The second-order valence-corrected chi connectivity index (χ2v) is 6.37. The third-order valence-corrected chi connectivity index (χ3v) is 4.84. The van der Waals surface area contributed by atoms with Crippen LogP contribution in [0.3, 0.4) is 0 Å². The molecule has 1 amide bonds. The zero-order chi connectivity index (χ0) is 16.9. The van der Waals surface area contributed by atoms with Gasteiger partial charge in [0.2, 0.25) is 0 Å². The number of carbonyl (C=O) groups excluding carboxylic acids is 1. The second-order valence-electron chi connectivity index (χ2n) is 6.37. The molecule has 1 aliphatic rings. The van der Waals surface area contributed by atoms with Crippen molar-refractivity contribution in [2.75, 3.05) is 7.11 Å². The minimum atomic E-state index is -0.0861. The highest BCUT2D eigenvalue weighted by Gasteiger charge is 2.18.